The first-order chi connectivity index (χ1) is 17.0. The summed E-state index contributed by atoms with van der Waals surface area (Å²) in [4.78, 5) is 34.4. The smallest absolute Gasteiger partial charge is 0.300 e. The lowest BCUT2D eigenvalue weighted by atomic mass is 9.85. The lowest BCUT2D eigenvalue weighted by molar-refractivity contribution is -0.132. The molecule has 1 N–H and O–H groups in total. The van der Waals surface area contributed by atoms with E-state index in [9.17, 15) is 14.7 Å². The molecule has 1 saturated heterocycles. The molecule has 0 radical (unpaired) electrons. The molecule has 186 valence electrons. The molecule has 1 aliphatic heterocycles. The van der Waals surface area contributed by atoms with Gasteiger partial charge < -0.3 is 14.7 Å². The summed E-state index contributed by atoms with van der Waals surface area (Å²) in [5.74, 6) is -1.35. The van der Waals surface area contributed by atoms with Gasteiger partial charge in [-0.3, -0.25) is 19.5 Å². The molecule has 7 nitrogen and oxygen atoms in total. The van der Waals surface area contributed by atoms with Gasteiger partial charge in [0, 0.05) is 37.9 Å². The van der Waals surface area contributed by atoms with Crippen LogP contribution < -0.4 is 14.5 Å². The fourth-order valence-corrected chi connectivity index (χ4v) is 4.37. The van der Waals surface area contributed by atoms with Gasteiger partial charge in [-0.15, -0.1) is 0 Å². The molecule has 1 amide bonds. The van der Waals surface area contributed by atoms with Crippen molar-refractivity contribution in [2.75, 3.05) is 31.0 Å². The van der Waals surface area contributed by atoms with E-state index in [1.165, 1.54) is 12.0 Å². The standard InChI is InChI=1S/C29H31N3O4/c1-29(2,3)19-9-14-23(36-6)22(16-19)26(33)24-25(18-8-7-15-30-17-18)32(28(35)27(24)34)21-12-10-20(11-13-21)31(4)5/h7-17,25,33H,1-6H3/b26-24+. The summed E-state index contributed by atoms with van der Waals surface area (Å²) in [6.07, 6.45) is 3.23. The Morgan fingerprint density at radius 2 is 1.75 bits per heavy atom. The monoisotopic (exact) mass is 485 g/mol. The number of benzene rings is 2. The summed E-state index contributed by atoms with van der Waals surface area (Å²) in [5.41, 5.74) is 3.22. The number of ketones is 1. The highest BCUT2D eigenvalue weighted by atomic mass is 16.5. The van der Waals surface area contributed by atoms with E-state index in [0.717, 1.165) is 11.3 Å². The molecule has 0 spiro atoms. The maximum atomic E-state index is 13.5. The predicted molar refractivity (Wildman–Crippen MR) is 141 cm³/mol. The molecule has 0 bridgehead atoms. The molecule has 36 heavy (non-hydrogen) atoms. The number of hydrogen-bond acceptors (Lipinski definition) is 6. The number of rotatable bonds is 5. The topological polar surface area (TPSA) is 83.0 Å². The van der Waals surface area contributed by atoms with Crippen LogP contribution in [-0.2, 0) is 15.0 Å². The van der Waals surface area contributed by atoms with Crippen molar-refractivity contribution >= 4 is 28.8 Å². The average Bonchev–Trinajstić information content (AvgIpc) is 3.13. The molecular formula is C29H31N3O4. The summed E-state index contributed by atoms with van der Waals surface area (Å²) in [7, 11) is 5.36. The van der Waals surface area contributed by atoms with E-state index in [0.29, 0.717) is 22.6 Å². The van der Waals surface area contributed by atoms with Gasteiger partial charge in [-0.25, -0.2) is 0 Å². The molecule has 0 saturated carbocycles. The predicted octanol–water partition coefficient (Wildman–Crippen LogP) is 5.08. The van der Waals surface area contributed by atoms with Gasteiger partial charge in [-0.2, -0.15) is 0 Å². The van der Waals surface area contributed by atoms with Gasteiger partial charge in [0.2, 0.25) is 0 Å². The number of aromatic nitrogens is 1. The van der Waals surface area contributed by atoms with Crippen molar-refractivity contribution < 1.29 is 19.4 Å². The number of hydrogen-bond donors (Lipinski definition) is 1. The van der Waals surface area contributed by atoms with Gasteiger partial charge >= 0.3 is 0 Å². The number of methoxy groups -OCH3 is 1. The van der Waals surface area contributed by atoms with Gasteiger partial charge in [0.15, 0.2) is 0 Å². The van der Waals surface area contributed by atoms with Crippen molar-refractivity contribution in [2.24, 2.45) is 0 Å². The van der Waals surface area contributed by atoms with Gasteiger partial charge in [-0.1, -0.05) is 32.9 Å². The van der Waals surface area contributed by atoms with Crippen molar-refractivity contribution in [1.82, 2.24) is 4.98 Å². The Balaban J connectivity index is 1.95. The third kappa shape index (κ3) is 4.44. The minimum Gasteiger partial charge on any atom is -0.507 e. The van der Waals surface area contributed by atoms with E-state index < -0.39 is 17.7 Å². The highest BCUT2D eigenvalue weighted by molar-refractivity contribution is 6.51. The number of anilines is 2. The lowest BCUT2D eigenvalue weighted by Gasteiger charge is -2.26. The highest BCUT2D eigenvalue weighted by Gasteiger charge is 2.47. The molecule has 2 heterocycles. The van der Waals surface area contributed by atoms with Crippen LogP contribution in [0.3, 0.4) is 0 Å². The second kappa shape index (κ2) is 9.49. The maximum Gasteiger partial charge on any atom is 0.300 e. The third-order valence-corrected chi connectivity index (χ3v) is 6.41. The minimum absolute atomic E-state index is 0.00551. The van der Waals surface area contributed by atoms with E-state index in [1.54, 1.807) is 42.7 Å². The maximum absolute atomic E-state index is 13.5. The lowest BCUT2D eigenvalue weighted by Crippen LogP contribution is -2.29. The van der Waals surface area contributed by atoms with Crippen LogP contribution in [0.2, 0.25) is 0 Å². The first kappa shape index (κ1) is 25.0. The Bertz CT molecular complexity index is 1320. The second-order valence-corrected chi connectivity index (χ2v) is 10.0. The van der Waals surface area contributed by atoms with Crippen LogP contribution >= 0.6 is 0 Å². The van der Waals surface area contributed by atoms with Crippen LogP contribution in [0.4, 0.5) is 11.4 Å². The van der Waals surface area contributed by atoms with E-state index in [2.05, 4.69) is 25.8 Å². The van der Waals surface area contributed by atoms with Gasteiger partial charge in [0.1, 0.15) is 11.5 Å². The molecule has 0 aliphatic carbocycles. The van der Waals surface area contributed by atoms with Gasteiger partial charge in [0.05, 0.1) is 24.3 Å². The van der Waals surface area contributed by atoms with Crippen molar-refractivity contribution in [1.29, 1.82) is 0 Å². The summed E-state index contributed by atoms with van der Waals surface area (Å²) in [6, 6.07) is 15.5. The summed E-state index contributed by atoms with van der Waals surface area (Å²) in [5, 5.41) is 11.6. The summed E-state index contributed by atoms with van der Waals surface area (Å²) >= 11 is 0. The molecule has 4 rings (SSSR count). The second-order valence-electron chi connectivity index (χ2n) is 10.0. The number of aliphatic hydroxyl groups is 1. The zero-order valence-corrected chi connectivity index (χ0v) is 21.4. The van der Waals surface area contributed by atoms with E-state index in [1.807, 2.05) is 43.3 Å². The first-order valence-electron chi connectivity index (χ1n) is 11.7. The Morgan fingerprint density at radius 1 is 1.06 bits per heavy atom. The third-order valence-electron chi connectivity index (χ3n) is 6.41. The summed E-state index contributed by atoms with van der Waals surface area (Å²) in [6.45, 7) is 6.18. The number of carbonyl (C=O) groups excluding carboxylic acids is 2. The number of pyridine rings is 1. The largest absolute Gasteiger partial charge is 0.507 e. The van der Waals surface area contributed by atoms with Crippen LogP contribution in [0.15, 0.2) is 72.6 Å². The first-order valence-corrected chi connectivity index (χ1v) is 11.7. The molecule has 1 atom stereocenters. The van der Waals surface area contributed by atoms with Crippen molar-refractivity contribution in [2.45, 2.75) is 32.2 Å². The van der Waals surface area contributed by atoms with Crippen LogP contribution in [0.25, 0.3) is 5.76 Å². The van der Waals surface area contributed by atoms with E-state index in [4.69, 9.17) is 4.74 Å². The zero-order valence-electron chi connectivity index (χ0n) is 21.4. The SMILES string of the molecule is COc1ccc(C(C)(C)C)cc1/C(O)=C1\C(=O)C(=O)N(c2ccc(N(C)C)cc2)C1c1cccnc1. The molecule has 1 aromatic heterocycles. The normalized spacial score (nSPS) is 17.4. The Kier molecular flexibility index (Phi) is 6.59. The van der Waals surface area contributed by atoms with Crippen molar-refractivity contribution in [3.8, 4) is 5.75 Å². The van der Waals surface area contributed by atoms with Gasteiger partial charge in [0.25, 0.3) is 11.7 Å². The number of aliphatic hydroxyl groups excluding tert-OH is 1. The highest BCUT2D eigenvalue weighted by Crippen LogP contribution is 2.43. The Morgan fingerprint density at radius 3 is 2.31 bits per heavy atom. The molecule has 7 heteroatoms. The molecule has 1 fully saturated rings. The van der Waals surface area contributed by atoms with E-state index >= 15 is 0 Å². The molecule has 1 unspecified atom stereocenters. The number of ether oxygens (including phenoxy) is 1. The summed E-state index contributed by atoms with van der Waals surface area (Å²) < 4.78 is 5.52. The zero-order chi connectivity index (χ0) is 26.2. The van der Waals surface area contributed by atoms with Crippen molar-refractivity contribution in [3.05, 3.63) is 89.3 Å². The fourth-order valence-electron chi connectivity index (χ4n) is 4.37. The van der Waals surface area contributed by atoms with Crippen LogP contribution in [0.1, 0.15) is 43.5 Å². The number of Topliss-reactive ketones (excluding diaryl/α,β-unsaturated/α-hetero) is 1. The van der Waals surface area contributed by atoms with Crippen LogP contribution in [0.5, 0.6) is 5.75 Å². The van der Waals surface area contributed by atoms with E-state index in [-0.39, 0.29) is 16.7 Å². The quantitative estimate of drug-likeness (QED) is 0.308. The molecule has 3 aromatic rings. The molecular weight excluding hydrogens is 454 g/mol. The Labute approximate surface area is 211 Å². The number of carbonyl (C=O) groups is 2. The van der Waals surface area contributed by atoms with Crippen LogP contribution in [0, 0.1) is 0 Å². The minimum atomic E-state index is -0.855. The van der Waals surface area contributed by atoms with Crippen molar-refractivity contribution in [3.63, 3.8) is 0 Å². The molecule has 1 aliphatic rings. The number of amides is 1. The number of nitrogens with zero attached hydrogens (tertiary/aromatic N) is 3. The van der Waals surface area contributed by atoms with Gasteiger partial charge in [-0.05, 0) is 59.0 Å². The molecule has 2 aromatic carbocycles. The average molecular weight is 486 g/mol. The Hall–Kier alpha value is -4.13. The fraction of sp³-hybridized carbons (Fsp3) is 0.276. The van der Waals surface area contributed by atoms with Crippen LogP contribution in [-0.4, -0.2) is 43.0 Å².